The molecular weight excluding hydrogens is 312 g/mol. The number of amides is 1. The number of fused-ring (bicyclic) bond motifs is 3. The van der Waals surface area contributed by atoms with Crippen molar-refractivity contribution in [3.05, 3.63) is 60.7 Å². The molecule has 1 aliphatic rings. The van der Waals surface area contributed by atoms with E-state index in [4.69, 9.17) is 0 Å². The van der Waals surface area contributed by atoms with Crippen LogP contribution in [0.4, 0.5) is 5.69 Å². The van der Waals surface area contributed by atoms with Crippen LogP contribution < -0.4 is 9.62 Å². The summed E-state index contributed by atoms with van der Waals surface area (Å²) in [5, 5.41) is 2.72. The van der Waals surface area contributed by atoms with Gasteiger partial charge >= 0.3 is 0 Å². The third-order valence-electron chi connectivity index (χ3n) is 3.82. The van der Waals surface area contributed by atoms with E-state index in [9.17, 15) is 13.2 Å². The van der Waals surface area contributed by atoms with Crippen molar-refractivity contribution in [3.8, 4) is 11.1 Å². The van der Waals surface area contributed by atoms with Crippen LogP contribution in [0.3, 0.4) is 0 Å². The third-order valence-corrected chi connectivity index (χ3v) is 5.65. The quantitative estimate of drug-likeness (QED) is 0.880. The summed E-state index contributed by atoms with van der Waals surface area (Å²) < 4.78 is 26.4. The second-order valence-electron chi connectivity index (χ2n) is 5.20. The SMILES string of the molecule is C=CCNC(=O)c1ccc2c(c1)-c1ccccc1S(=O)(=O)N2C. The van der Waals surface area contributed by atoms with Crippen LogP contribution in [0.5, 0.6) is 0 Å². The van der Waals surface area contributed by atoms with Gasteiger partial charge in [0.1, 0.15) is 0 Å². The van der Waals surface area contributed by atoms with E-state index in [-0.39, 0.29) is 10.8 Å². The average molecular weight is 328 g/mol. The fourth-order valence-electron chi connectivity index (χ4n) is 2.63. The lowest BCUT2D eigenvalue weighted by Crippen LogP contribution is -2.31. The Bertz CT molecular complexity index is 904. The minimum Gasteiger partial charge on any atom is -0.349 e. The molecule has 3 rings (SSSR count). The first-order valence-electron chi connectivity index (χ1n) is 7.08. The standard InChI is InChI=1S/C17H16N2O3S/c1-3-10-18-17(20)12-8-9-15-14(11-12)13-6-4-5-7-16(13)23(21,22)19(15)2/h3-9,11H,1,10H2,2H3,(H,18,20). The van der Waals surface area contributed by atoms with Gasteiger partial charge in [-0.25, -0.2) is 8.42 Å². The zero-order chi connectivity index (χ0) is 16.6. The molecule has 2 aromatic carbocycles. The third kappa shape index (κ3) is 2.41. The molecule has 1 amide bonds. The number of carbonyl (C=O) groups is 1. The highest BCUT2D eigenvalue weighted by Gasteiger charge is 2.32. The maximum atomic E-state index is 12.6. The Balaban J connectivity index is 2.17. The summed E-state index contributed by atoms with van der Waals surface area (Å²) in [4.78, 5) is 12.4. The lowest BCUT2D eigenvalue weighted by Gasteiger charge is -2.29. The molecule has 0 atom stereocenters. The van der Waals surface area contributed by atoms with Gasteiger partial charge in [0.25, 0.3) is 15.9 Å². The molecule has 0 saturated carbocycles. The first kappa shape index (κ1) is 15.3. The predicted octanol–water partition coefficient (Wildman–Crippen LogP) is 2.41. The first-order chi connectivity index (χ1) is 11.0. The summed E-state index contributed by atoms with van der Waals surface area (Å²) in [6, 6.07) is 11.8. The van der Waals surface area contributed by atoms with Crippen LogP contribution in [-0.2, 0) is 10.0 Å². The fourth-order valence-corrected chi connectivity index (χ4v) is 4.05. The summed E-state index contributed by atoms with van der Waals surface area (Å²) in [5.41, 5.74) is 2.38. The van der Waals surface area contributed by atoms with Crippen molar-refractivity contribution in [1.82, 2.24) is 5.32 Å². The van der Waals surface area contributed by atoms with Crippen LogP contribution in [0.15, 0.2) is 60.0 Å². The van der Waals surface area contributed by atoms with Crippen molar-refractivity contribution in [3.63, 3.8) is 0 Å². The first-order valence-corrected chi connectivity index (χ1v) is 8.52. The summed E-state index contributed by atoms with van der Waals surface area (Å²) in [5.74, 6) is -0.221. The molecule has 6 heteroatoms. The molecule has 0 fully saturated rings. The number of carbonyl (C=O) groups excluding carboxylic acids is 1. The number of nitrogens with zero attached hydrogens (tertiary/aromatic N) is 1. The molecule has 0 aromatic heterocycles. The molecule has 0 saturated heterocycles. The van der Waals surface area contributed by atoms with Gasteiger partial charge in [-0.2, -0.15) is 0 Å². The Morgan fingerprint density at radius 2 is 1.96 bits per heavy atom. The van der Waals surface area contributed by atoms with E-state index in [2.05, 4.69) is 11.9 Å². The summed E-state index contributed by atoms with van der Waals surface area (Å²) in [6.07, 6.45) is 1.60. The highest BCUT2D eigenvalue weighted by molar-refractivity contribution is 7.93. The van der Waals surface area contributed by atoms with E-state index in [1.165, 1.54) is 11.4 Å². The lowest BCUT2D eigenvalue weighted by molar-refractivity contribution is 0.0958. The van der Waals surface area contributed by atoms with Gasteiger partial charge in [-0.1, -0.05) is 24.3 Å². The van der Waals surface area contributed by atoms with Crippen LogP contribution in [0.1, 0.15) is 10.4 Å². The van der Waals surface area contributed by atoms with E-state index in [1.807, 2.05) is 0 Å². The van der Waals surface area contributed by atoms with E-state index < -0.39 is 10.0 Å². The van der Waals surface area contributed by atoms with Crippen LogP contribution >= 0.6 is 0 Å². The molecule has 0 radical (unpaired) electrons. The number of hydrogen-bond donors (Lipinski definition) is 1. The van der Waals surface area contributed by atoms with Crippen LogP contribution in [0.25, 0.3) is 11.1 Å². The molecule has 1 heterocycles. The molecule has 5 nitrogen and oxygen atoms in total. The largest absolute Gasteiger partial charge is 0.349 e. The second-order valence-corrected chi connectivity index (χ2v) is 7.14. The van der Waals surface area contributed by atoms with Gasteiger partial charge in [0.2, 0.25) is 0 Å². The molecule has 0 unspecified atom stereocenters. The predicted molar refractivity (Wildman–Crippen MR) is 90.0 cm³/mol. The number of rotatable bonds is 3. The molecule has 23 heavy (non-hydrogen) atoms. The highest BCUT2D eigenvalue weighted by Crippen LogP contribution is 2.42. The maximum absolute atomic E-state index is 12.6. The molecule has 2 aromatic rings. The zero-order valence-corrected chi connectivity index (χ0v) is 13.4. The van der Waals surface area contributed by atoms with E-state index >= 15 is 0 Å². The molecule has 1 aliphatic heterocycles. The van der Waals surface area contributed by atoms with E-state index in [0.29, 0.717) is 23.4 Å². The number of nitrogens with one attached hydrogen (secondary N) is 1. The molecular formula is C17H16N2O3S. The smallest absolute Gasteiger partial charge is 0.264 e. The number of sulfonamides is 1. The Labute approximate surface area is 135 Å². The van der Waals surface area contributed by atoms with Gasteiger partial charge < -0.3 is 5.32 Å². The monoisotopic (exact) mass is 328 g/mol. The number of benzene rings is 2. The minimum absolute atomic E-state index is 0.221. The van der Waals surface area contributed by atoms with Gasteiger partial charge in [-0.05, 0) is 24.3 Å². The van der Waals surface area contributed by atoms with Gasteiger partial charge in [-0.3, -0.25) is 9.10 Å². The average Bonchev–Trinajstić information content (AvgIpc) is 2.57. The van der Waals surface area contributed by atoms with Gasteiger partial charge in [0.15, 0.2) is 0 Å². The van der Waals surface area contributed by atoms with Crippen molar-refractivity contribution >= 4 is 21.6 Å². The normalized spacial score (nSPS) is 14.6. The maximum Gasteiger partial charge on any atom is 0.264 e. The lowest BCUT2D eigenvalue weighted by atomic mass is 10.00. The zero-order valence-electron chi connectivity index (χ0n) is 12.6. The van der Waals surface area contributed by atoms with Gasteiger partial charge in [0.05, 0.1) is 10.6 Å². The Morgan fingerprint density at radius 1 is 1.22 bits per heavy atom. The van der Waals surface area contributed by atoms with Crippen molar-refractivity contribution in [1.29, 1.82) is 0 Å². The minimum atomic E-state index is -3.56. The summed E-state index contributed by atoms with van der Waals surface area (Å²) in [7, 11) is -2.05. The number of hydrogen-bond acceptors (Lipinski definition) is 3. The molecule has 0 bridgehead atoms. The van der Waals surface area contributed by atoms with Crippen molar-refractivity contribution in [2.45, 2.75) is 4.90 Å². The Hall–Kier alpha value is -2.60. The van der Waals surface area contributed by atoms with Crippen LogP contribution in [0.2, 0.25) is 0 Å². The summed E-state index contributed by atoms with van der Waals surface area (Å²) in [6.45, 7) is 3.94. The Morgan fingerprint density at radius 3 is 2.70 bits per heavy atom. The number of anilines is 1. The van der Waals surface area contributed by atoms with Crippen molar-refractivity contribution in [2.75, 3.05) is 17.9 Å². The van der Waals surface area contributed by atoms with Gasteiger partial charge in [-0.15, -0.1) is 6.58 Å². The Kier molecular flexibility index (Phi) is 3.69. The second kappa shape index (κ2) is 5.55. The molecule has 0 aliphatic carbocycles. The van der Waals surface area contributed by atoms with Crippen molar-refractivity contribution < 1.29 is 13.2 Å². The molecule has 1 N–H and O–H groups in total. The van der Waals surface area contributed by atoms with Crippen LogP contribution in [0, 0.1) is 0 Å². The molecule has 118 valence electrons. The van der Waals surface area contributed by atoms with Gasteiger partial charge in [0, 0.05) is 30.3 Å². The van der Waals surface area contributed by atoms with E-state index in [0.717, 1.165) is 5.56 Å². The topological polar surface area (TPSA) is 66.5 Å². The van der Waals surface area contributed by atoms with Crippen molar-refractivity contribution in [2.24, 2.45) is 0 Å². The fraction of sp³-hybridized carbons (Fsp3) is 0.118. The van der Waals surface area contributed by atoms with E-state index in [1.54, 1.807) is 48.5 Å². The van der Waals surface area contributed by atoms with Crippen LogP contribution in [-0.4, -0.2) is 27.9 Å². The highest BCUT2D eigenvalue weighted by atomic mass is 32.2. The molecule has 0 spiro atoms. The summed E-state index contributed by atoms with van der Waals surface area (Å²) >= 11 is 0.